The fraction of sp³-hybridized carbons (Fsp3) is 0.909. The van der Waals surface area contributed by atoms with E-state index < -0.39 is 6.10 Å². The third kappa shape index (κ3) is 5.44. The van der Waals surface area contributed by atoms with Crippen LogP contribution in [0.1, 0.15) is 20.8 Å². The molecule has 5 heteroatoms. The minimum atomic E-state index is -0.445. The van der Waals surface area contributed by atoms with Crippen LogP contribution in [0, 0.1) is 0 Å². The van der Waals surface area contributed by atoms with E-state index in [-0.39, 0.29) is 11.9 Å². The fourth-order valence-electron chi connectivity index (χ4n) is 1.16. The average molecular weight is 232 g/mol. The molecule has 0 bridgehead atoms. The number of ether oxygens (including phenoxy) is 2. The highest BCUT2D eigenvalue weighted by Crippen LogP contribution is 2.01. The summed E-state index contributed by atoms with van der Waals surface area (Å²) in [7, 11) is 1.74. The maximum absolute atomic E-state index is 11.8. The van der Waals surface area contributed by atoms with Gasteiger partial charge < -0.3 is 20.1 Å². The third-order valence-corrected chi connectivity index (χ3v) is 2.50. The fourth-order valence-corrected chi connectivity index (χ4v) is 1.16. The van der Waals surface area contributed by atoms with Gasteiger partial charge in [-0.1, -0.05) is 0 Å². The van der Waals surface area contributed by atoms with E-state index in [1.165, 1.54) is 0 Å². The Bertz CT molecular complexity index is 200. The quantitative estimate of drug-likeness (QED) is 0.609. The molecule has 0 spiro atoms. The lowest BCUT2D eigenvalue weighted by Crippen LogP contribution is -2.44. The van der Waals surface area contributed by atoms with E-state index >= 15 is 0 Å². The van der Waals surface area contributed by atoms with Crippen molar-refractivity contribution in [3.8, 4) is 0 Å². The lowest BCUT2D eigenvalue weighted by molar-refractivity contribution is -0.143. The normalized spacial score (nSPS) is 14.6. The van der Waals surface area contributed by atoms with Crippen LogP contribution in [0.3, 0.4) is 0 Å². The van der Waals surface area contributed by atoms with Crippen molar-refractivity contribution in [3.63, 3.8) is 0 Å². The molecule has 0 saturated carbocycles. The predicted octanol–water partition coefficient (Wildman–Crippen LogP) is 0.234. The molecule has 1 amide bonds. The summed E-state index contributed by atoms with van der Waals surface area (Å²) in [5.41, 5.74) is 5.50. The van der Waals surface area contributed by atoms with Gasteiger partial charge in [0.1, 0.15) is 6.10 Å². The van der Waals surface area contributed by atoms with Gasteiger partial charge in [0.15, 0.2) is 0 Å². The van der Waals surface area contributed by atoms with Gasteiger partial charge in [0.25, 0.3) is 5.91 Å². The highest BCUT2D eigenvalue weighted by atomic mass is 16.5. The first kappa shape index (κ1) is 15.3. The van der Waals surface area contributed by atoms with Crippen LogP contribution in [0.5, 0.6) is 0 Å². The molecular formula is C11H24N2O3. The molecule has 0 aromatic rings. The first-order chi connectivity index (χ1) is 7.54. The largest absolute Gasteiger partial charge is 0.379 e. The maximum Gasteiger partial charge on any atom is 0.251 e. The summed E-state index contributed by atoms with van der Waals surface area (Å²) in [6.07, 6.45) is -0.445. The van der Waals surface area contributed by atoms with Crippen LogP contribution in [0.25, 0.3) is 0 Å². The van der Waals surface area contributed by atoms with Crippen molar-refractivity contribution in [2.75, 3.05) is 33.4 Å². The third-order valence-electron chi connectivity index (χ3n) is 2.50. The van der Waals surface area contributed by atoms with E-state index in [0.717, 1.165) is 0 Å². The van der Waals surface area contributed by atoms with Crippen molar-refractivity contribution >= 4 is 5.91 Å². The molecule has 0 saturated heterocycles. The van der Waals surface area contributed by atoms with Gasteiger partial charge in [-0.3, -0.25) is 4.79 Å². The first-order valence-electron chi connectivity index (χ1n) is 5.70. The Morgan fingerprint density at radius 3 is 2.50 bits per heavy atom. The number of likely N-dealkylation sites (N-methyl/N-ethyl adjacent to an activating group) is 1. The zero-order valence-electron chi connectivity index (χ0n) is 10.7. The van der Waals surface area contributed by atoms with Gasteiger partial charge in [-0.2, -0.15) is 0 Å². The number of carbonyl (C=O) groups is 1. The monoisotopic (exact) mass is 232 g/mol. The SMILES string of the molecule is CCOCCOC(C)C(=O)N(C)C(C)CN. The molecule has 0 rings (SSSR count). The van der Waals surface area contributed by atoms with Crippen LogP contribution in [-0.2, 0) is 14.3 Å². The van der Waals surface area contributed by atoms with Gasteiger partial charge in [-0.05, 0) is 20.8 Å². The second-order valence-corrected chi connectivity index (χ2v) is 3.74. The van der Waals surface area contributed by atoms with Gasteiger partial charge in [-0.15, -0.1) is 0 Å². The summed E-state index contributed by atoms with van der Waals surface area (Å²) in [5.74, 6) is -0.0468. The molecule has 0 aromatic carbocycles. The minimum Gasteiger partial charge on any atom is -0.379 e. The smallest absolute Gasteiger partial charge is 0.251 e. The Balaban J connectivity index is 3.88. The van der Waals surface area contributed by atoms with Crippen LogP contribution >= 0.6 is 0 Å². The Morgan fingerprint density at radius 2 is 2.00 bits per heavy atom. The molecule has 0 aliphatic heterocycles. The van der Waals surface area contributed by atoms with Gasteiger partial charge in [0.2, 0.25) is 0 Å². The van der Waals surface area contributed by atoms with Crippen molar-refractivity contribution in [1.82, 2.24) is 4.90 Å². The van der Waals surface area contributed by atoms with E-state index in [2.05, 4.69) is 0 Å². The molecule has 5 nitrogen and oxygen atoms in total. The Labute approximate surface area is 97.9 Å². The molecule has 0 heterocycles. The van der Waals surface area contributed by atoms with E-state index in [1.54, 1.807) is 18.9 Å². The van der Waals surface area contributed by atoms with E-state index in [9.17, 15) is 4.79 Å². The lowest BCUT2D eigenvalue weighted by atomic mass is 10.2. The number of carbonyl (C=O) groups excluding carboxylic acids is 1. The van der Waals surface area contributed by atoms with Crippen LogP contribution < -0.4 is 5.73 Å². The van der Waals surface area contributed by atoms with Gasteiger partial charge >= 0.3 is 0 Å². The zero-order valence-corrected chi connectivity index (χ0v) is 10.7. The number of rotatable bonds is 8. The van der Waals surface area contributed by atoms with E-state index in [1.807, 2.05) is 13.8 Å². The van der Waals surface area contributed by atoms with Crippen LogP contribution in [0.4, 0.5) is 0 Å². The molecule has 0 aliphatic rings. The summed E-state index contributed by atoms with van der Waals surface area (Å²) in [6.45, 7) is 7.64. The second kappa shape index (κ2) is 8.50. The van der Waals surface area contributed by atoms with Crippen molar-refractivity contribution in [2.24, 2.45) is 5.73 Å². The predicted molar refractivity (Wildman–Crippen MR) is 63.2 cm³/mol. The molecule has 2 unspecified atom stereocenters. The molecular weight excluding hydrogens is 208 g/mol. The molecule has 0 aromatic heterocycles. The van der Waals surface area contributed by atoms with Gasteiger partial charge in [-0.25, -0.2) is 0 Å². The summed E-state index contributed by atoms with van der Waals surface area (Å²) < 4.78 is 10.5. The van der Waals surface area contributed by atoms with E-state index in [4.69, 9.17) is 15.2 Å². The van der Waals surface area contributed by atoms with Gasteiger partial charge in [0, 0.05) is 26.2 Å². The first-order valence-corrected chi connectivity index (χ1v) is 5.70. The molecule has 0 fully saturated rings. The number of hydrogen-bond donors (Lipinski definition) is 1. The van der Waals surface area contributed by atoms with Crippen LogP contribution in [0.2, 0.25) is 0 Å². The molecule has 0 aliphatic carbocycles. The van der Waals surface area contributed by atoms with Crippen molar-refractivity contribution in [1.29, 1.82) is 0 Å². The number of hydrogen-bond acceptors (Lipinski definition) is 4. The van der Waals surface area contributed by atoms with Crippen LogP contribution in [-0.4, -0.2) is 56.4 Å². The second-order valence-electron chi connectivity index (χ2n) is 3.74. The molecule has 0 radical (unpaired) electrons. The molecule has 96 valence electrons. The lowest BCUT2D eigenvalue weighted by Gasteiger charge is -2.26. The highest BCUT2D eigenvalue weighted by Gasteiger charge is 2.20. The molecule has 2 N–H and O–H groups in total. The minimum absolute atomic E-state index is 0.0328. The Morgan fingerprint density at radius 1 is 1.38 bits per heavy atom. The maximum atomic E-state index is 11.8. The summed E-state index contributed by atoms with van der Waals surface area (Å²) in [6, 6.07) is 0.0328. The number of amides is 1. The Hall–Kier alpha value is -0.650. The van der Waals surface area contributed by atoms with Crippen molar-refractivity contribution < 1.29 is 14.3 Å². The average Bonchev–Trinajstić information content (AvgIpc) is 2.31. The van der Waals surface area contributed by atoms with Gasteiger partial charge in [0.05, 0.1) is 13.2 Å². The van der Waals surface area contributed by atoms with Crippen molar-refractivity contribution in [3.05, 3.63) is 0 Å². The van der Waals surface area contributed by atoms with Crippen LogP contribution in [0.15, 0.2) is 0 Å². The topological polar surface area (TPSA) is 64.8 Å². The highest BCUT2D eigenvalue weighted by molar-refractivity contribution is 5.80. The summed E-state index contributed by atoms with van der Waals surface area (Å²) in [5, 5.41) is 0. The standard InChI is InChI=1S/C11H24N2O3/c1-5-15-6-7-16-10(3)11(14)13(4)9(2)8-12/h9-10H,5-8,12H2,1-4H3. The zero-order chi connectivity index (χ0) is 12.6. The molecule has 16 heavy (non-hydrogen) atoms. The molecule has 2 atom stereocenters. The van der Waals surface area contributed by atoms with Crippen molar-refractivity contribution in [2.45, 2.75) is 32.9 Å². The number of nitrogens with zero attached hydrogens (tertiary/aromatic N) is 1. The Kier molecular flexibility index (Phi) is 8.15. The van der Waals surface area contributed by atoms with E-state index in [0.29, 0.717) is 26.4 Å². The number of nitrogens with two attached hydrogens (primary N) is 1. The summed E-state index contributed by atoms with van der Waals surface area (Å²) in [4.78, 5) is 13.4. The summed E-state index contributed by atoms with van der Waals surface area (Å²) >= 11 is 0.